The van der Waals surface area contributed by atoms with Crippen molar-refractivity contribution in [1.82, 2.24) is 9.97 Å². The monoisotopic (exact) mass is 382 g/mol. The molecule has 0 saturated carbocycles. The first kappa shape index (κ1) is 17.9. The number of fused-ring (bicyclic) bond motifs is 1. The fraction of sp³-hybridized carbons (Fsp3) is 0.438. The number of aryl methyl sites for hydroxylation is 1. The topological polar surface area (TPSA) is 106 Å². The molecule has 1 aliphatic rings. The Morgan fingerprint density at radius 1 is 1.44 bits per heavy atom. The SMILES string of the molecule is Cc1cccc2c(=O)[nH]c(COC(=O)CS[C@@H]3CCS(=O)(=O)C3)nc12. The Hall–Kier alpha value is -1.87. The number of carbonyl (C=O) groups excluding carboxylic acids is 1. The highest BCUT2D eigenvalue weighted by Crippen LogP contribution is 2.24. The van der Waals surface area contributed by atoms with Gasteiger partial charge in [-0.3, -0.25) is 9.59 Å². The molecule has 25 heavy (non-hydrogen) atoms. The number of rotatable bonds is 5. The average molecular weight is 382 g/mol. The molecule has 1 atom stereocenters. The molecule has 1 aromatic carbocycles. The Labute approximate surface area is 149 Å². The van der Waals surface area contributed by atoms with Crippen LogP contribution in [0.5, 0.6) is 0 Å². The van der Waals surface area contributed by atoms with Crippen LogP contribution in [0.1, 0.15) is 17.8 Å². The average Bonchev–Trinajstić information content (AvgIpc) is 2.91. The first-order chi connectivity index (χ1) is 11.8. The minimum absolute atomic E-state index is 0.0567. The predicted octanol–water partition coefficient (Wildman–Crippen LogP) is 1.20. The van der Waals surface area contributed by atoms with Gasteiger partial charge in [0.1, 0.15) is 12.4 Å². The standard InChI is InChI=1S/C16H18N2O5S2/c1-10-3-2-4-12-15(10)17-13(18-16(12)20)7-23-14(19)8-24-11-5-6-25(21,22)9-11/h2-4,11H,5-9H2,1H3,(H,17,18,20)/t11-/m1/s1. The molecule has 134 valence electrons. The Balaban J connectivity index is 1.58. The molecule has 1 aliphatic heterocycles. The summed E-state index contributed by atoms with van der Waals surface area (Å²) in [6, 6.07) is 5.34. The molecular formula is C16H18N2O5S2. The van der Waals surface area contributed by atoms with Gasteiger partial charge >= 0.3 is 5.97 Å². The molecule has 3 rings (SSSR count). The van der Waals surface area contributed by atoms with Crippen molar-refractivity contribution in [2.75, 3.05) is 17.3 Å². The number of hydrogen-bond acceptors (Lipinski definition) is 7. The van der Waals surface area contributed by atoms with Gasteiger partial charge in [-0.1, -0.05) is 12.1 Å². The number of benzene rings is 1. The van der Waals surface area contributed by atoms with Gasteiger partial charge in [0.2, 0.25) is 0 Å². The van der Waals surface area contributed by atoms with Gasteiger partial charge in [0, 0.05) is 5.25 Å². The number of sulfone groups is 1. The molecule has 2 heterocycles. The number of aromatic nitrogens is 2. The van der Waals surface area contributed by atoms with Gasteiger partial charge in [0.25, 0.3) is 5.56 Å². The van der Waals surface area contributed by atoms with E-state index < -0.39 is 15.8 Å². The van der Waals surface area contributed by atoms with E-state index in [1.807, 2.05) is 13.0 Å². The largest absolute Gasteiger partial charge is 0.457 e. The molecule has 0 amide bonds. The van der Waals surface area contributed by atoms with Gasteiger partial charge in [0.15, 0.2) is 9.84 Å². The van der Waals surface area contributed by atoms with Crippen LogP contribution < -0.4 is 5.56 Å². The normalized spacial score (nSPS) is 19.2. The number of aromatic amines is 1. The molecular weight excluding hydrogens is 364 g/mol. The Morgan fingerprint density at radius 3 is 2.96 bits per heavy atom. The van der Waals surface area contributed by atoms with Crippen molar-refractivity contribution in [3.05, 3.63) is 39.9 Å². The number of para-hydroxylation sites is 1. The summed E-state index contributed by atoms with van der Waals surface area (Å²) in [5, 5.41) is 0.437. The number of ether oxygens (including phenoxy) is 1. The Morgan fingerprint density at radius 2 is 2.24 bits per heavy atom. The van der Waals surface area contributed by atoms with E-state index in [4.69, 9.17) is 4.74 Å². The number of carbonyl (C=O) groups is 1. The summed E-state index contributed by atoms with van der Waals surface area (Å²) in [7, 11) is -2.95. The van der Waals surface area contributed by atoms with Crippen LogP contribution in [0.3, 0.4) is 0 Å². The van der Waals surface area contributed by atoms with E-state index in [-0.39, 0.29) is 40.5 Å². The van der Waals surface area contributed by atoms with Crippen molar-refractivity contribution in [1.29, 1.82) is 0 Å². The molecule has 0 unspecified atom stereocenters. The van der Waals surface area contributed by atoms with Crippen LogP contribution in [0.25, 0.3) is 10.9 Å². The summed E-state index contributed by atoms with van der Waals surface area (Å²) in [4.78, 5) is 30.9. The minimum atomic E-state index is -2.95. The zero-order chi connectivity index (χ0) is 18.0. The van der Waals surface area contributed by atoms with E-state index >= 15 is 0 Å². The fourth-order valence-electron chi connectivity index (χ4n) is 2.69. The fourth-order valence-corrected chi connectivity index (χ4v) is 6.13. The molecule has 0 aliphatic carbocycles. The summed E-state index contributed by atoms with van der Waals surface area (Å²) >= 11 is 1.29. The molecule has 9 heteroatoms. The van der Waals surface area contributed by atoms with E-state index in [0.717, 1.165) is 5.56 Å². The van der Waals surface area contributed by atoms with Crippen LogP contribution in [0.15, 0.2) is 23.0 Å². The maximum Gasteiger partial charge on any atom is 0.316 e. The molecule has 0 spiro atoms. The van der Waals surface area contributed by atoms with E-state index in [0.29, 0.717) is 17.3 Å². The number of nitrogens with zero attached hydrogens (tertiary/aromatic N) is 1. The first-order valence-electron chi connectivity index (χ1n) is 7.80. The van der Waals surface area contributed by atoms with Gasteiger partial charge < -0.3 is 9.72 Å². The summed E-state index contributed by atoms with van der Waals surface area (Å²) in [6.45, 7) is 1.73. The van der Waals surface area contributed by atoms with Gasteiger partial charge in [0.05, 0.1) is 28.2 Å². The van der Waals surface area contributed by atoms with Crippen LogP contribution in [0, 0.1) is 6.92 Å². The Bertz CT molecular complexity index is 968. The highest BCUT2D eigenvalue weighted by Gasteiger charge is 2.28. The lowest BCUT2D eigenvalue weighted by Crippen LogP contribution is -2.16. The van der Waals surface area contributed by atoms with E-state index in [9.17, 15) is 18.0 Å². The molecule has 0 bridgehead atoms. The molecule has 0 radical (unpaired) electrons. The highest BCUT2D eigenvalue weighted by molar-refractivity contribution is 8.02. The molecule has 1 saturated heterocycles. The second kappa shape index (κ2) is 7.17. The zero-order valence-electron chi connectivity index (χ0n) is 13.6. The third kappa shape index (κ3) is 4.40. The van der Waals surface area contributed by atoms with Crippen molar-refractivity contribution in [3.8, 4) is 0 Å². The second-order valence-electron chi connectivity index (χ2n) is 5.98. The van der Waals surface area contributed by atoms with Crippen LogP contribution >= 0.6 is 11.8 Å². The number of thioether (sulfide) groups is 1. The lowest BCUT2D eigenvalue weighted by molar-refractivity contribution is -0.141. The highest BCUT2D eigenvalue weighted by atomic mass is 32.2. The van der Waals surface area contributed by atoms with Gasteiger partial charge in [-0.15, -0.1) is 11.8 Å². The number of hydrogen-bond donors (Lipinski definition) is 1. The molecule has 1 N–H and O–H groups in total. The van der Waals surface area contributed by atoms with Gasteiger partial charge in [-0.05, 0) is 25.0 Å². The van der Waals surface area contributed by atoms with Crippen LogP contribution in [0.4, 0.5) is 0 Å². The quantitative estimate of drug-likeness (QED) is 0.774. The third-order valence-corrected chi connectivity index (χ3v) is 7.24. The summed E-state index contributed by atoms with van der Waals surface area (Å²) in [6.07, 6.45) is 0.569. The molecule has 1 fully saturated rings. The first-order valence-corrected chi connectivity index (χ1v) is 10.7. The third-order valence-electron chi connectivity index (χ3n) is 3.98. The van der Waals surface area contributed by atoms with E-state index in [1.165, 1.54) is 11.8 Å². The number of nitrogens with one attached hydrogen (secondary N) is 1. The maximum absolute atomic E-state index is 12.1. The Kier molecular flexibility index (Phi) is 5.14. The van der Waals surface area contributed by atoms with E-state index in [2.05, 4.69) is 9.97 Å². The van der Waals surface area contributed by atoms with Crippen molar-refractivity contribution < 1.29 is 17.9 Å². The summed E-state index contributed by atoms with van der Waals surface area (Å²) in [5.41, 5.74) is 1.18. The smallest absolute Gasteiger partial charge is 0.316 e. The van der Waals surface area contributed by atoms with Crippen molar-refractivity contribution in [2.45, 2.75) is 25.2 Å². The van der Waals surface area contributed by atoms with Crippen LogP contribution in [0.2, 0.25) is 0 Å². The second-order valence-corrected chi connectivity index (χ2v) is 9.50. The maximum atomic E-state index is 12.1. The van der Waals surface area contributed by atoms with Crippen molar-refractivity contribution >= 4 is 38.5 Å². The van der Waals surface area contributed by atoms with Crippen LogP contribution in [-0.4, -0.2) is 46.9 Å². The molecule has 1 aromatic heterocycles. The van der Waals surface area contributed by atoms with Crippen LogP contribution in [-0.2, 0) is 26.0 Å². The predicted molar refractivity (Wildman–Crippen MR) is 96.4 cm³/mol. The van der Waals surface area contributed by atoms with Gasteiger partial charge in [-0.25, -0.2) is 13.4 Å². The lowest BCUT2D eigenvalue weighted by atomic mass is 10.1. The van der Waals surface area contributed by atoms with Gasteiger partial charge in [-0.2, -0.15) is 0 Å². The zero-order valence-corrected chi connectivity index (χ0v) is 15.3. The van der Waals surface area contributed by atoms with Crippen molar-refractivity contribution in [3.63, 3.8) is 0 Å². The molecule has 7 nitrogen and oxygen atoms in total. The number of esters is 1. The van der Waals surface area contributed by atoms with Crippen molar-refractivity contribution in [2.24, 2.45) is 0 Å². The minimum Gasteiger partial charge on any atom is -0.457 e. The number of H-pyrrole nitrogens is 1. The lowest BCUT2D eigenvalue weighted by Gasteiger charge is -2.08. The summed E-state index contributed by atoms with van der Waals surface area (Å²) in [5.74, 6) is 0.206. The van der Waals surface area contributed by atoms with E-state index in [1.54, 1.807) is 12.1 Å². The molecule has 2 aromatic rings. The summed E-state index contributed by atoms with van der Waals surface area (Å²) < 4.78 is 27.9.